The molecule has 21 rings (SSSR count). The molecule has 8 heteroatoms. The number of nitrogens with zero attached hydrogens (tertiary/aromatic N) is 2. The van der Waals surface area contributed by atoms with Crippen molar-refractivity contribution < 1.29 is 27.1 Å². The molecule has 0 fully saturated rings. The molecule has 17 aromatic carbocycles. The van der Waals surface area contributed by atoms with Crippen molar-refractivity contribution in [2.75, 3.05) is 9.80 Å². The Morgan fingerprint density at radius 2 is 0.550 bits per heavy atom. The zero-order chi connectivity index (χ0) is 81.1. The summed E-state index contributed by atoms with van der Waals surface area (Å²) in [6.07, 6.45) is 3.64. The van der Waals surface area contributed by atoms with Crippen LogP contribution in [0.5, 0.6) is 23.0 Å². The van der Waals surface area contributed by atoms with Crippen molar-refractivity contribution in [3.05, 3.63) is 467 Å². The van der Waals surface area contributed by atoms with Gasteiger partial charge in [0.2, 0.25) is 0 Å². The minimum Gasteiger partial charge on any atom is -0.457 e. The van der Waals surface area contributed by atoms with Gasteiger partial charge in [-0.2, -0.15) is 0 Å². The summed E-state index contributed by atoms with van der Waals surface area (Å²) in [6.45, 7) is 16.7. The Morgan fingerprint density at radius 1 is 0.258 bits per heavy atom. The predicted octanol–water partition coefficient (Wildman–Crippen LogP) is 30.9. The van der Waals surface area contributed by atoms with Crippen LogP contribution in [0.15, 0.2) is 386 Å². The molecule has 2 heterocycles. The van der Waals surface area contributed by atoms with Gasteiger partial charge in [-0.1, -0.05) is 219 Å². The molecule has 2 atom stereocenters. The molecule has 0 saturated carbocycles. The molecule has 0 saturated heterocycles. The quantitative estimate of drug-likeness (QED) is 0.0853. The van der Waals surface area contributed by atoms with Gasteiger partial charge in [-0.15, -0.1) is 0 Å². The van der Waals surface area contributed by atoms with E-state index in [-0.39, 0.29) is 11.6 Å². The number of furan rings is 2. The van der Waals surface area contributed by atoms with Crippen LogP contribution in [0.1, 0.15) is 77.9 Å². The second-order valence-corrected chi connectivity index (χ2v) is 31.6. The number of fused-ring (bicyclic) bond motifs is 12. The summed E-state index contributed by atoms with van der Waals surface area (Å²) in [5.41, 5.74) is 30.8. The Balaban J connectivity index is 0.659. The molecule has 0 aliphatic heterocycles. The van der Waals surface area contributed by atoms with Gasteiger partial charge in [0, 0.05) is 67.8 Å². The molecule has 120 heavy (non-hydrogen) atoms. The van der Waals surface area contributed by atoms with E-state index in [0.29, 0.717) is 11.5 Å². The van der Waals surface area contributed by atoms with Gasteiger partial charge in [-0.3, -0.25) is 0 Å². The Bertz CT molecular complexity index is 6890. The third-order valence-electron chi connectivity index (χ3n) is 24.7. The number of hydrogen-bond donors (Lipinski definition) is 0. The van der Waals surface area contributed by atoms with Crippen molar-refractivity contribution in [3.63, 3.8) is 0 Å². The fraction of sp³-hybridized carbons (Fsp3) is 0.0536. The first-order chi connectivity index (χ1) is 58.8. The molecule has 0 N–H and O–H groups in total. The molecule has 0 amide bonds. The van der Waals surface area contributed by atoms with E-state index >= 15 is 8.78 Å². The van der Waals surface area contributed by atoms with E-state index in [1.807, 2.05) is 133 Å². The normalized spacial score (nSPS) is 14.4. The van der Waals surface area contributed by atoms with E-state index < -0.39 is 10.8 Å². The van der Waals surface area contributed by atoms with E-state index in [1.54, 1.807) is 24.3 Å². The highest BCUT2D eigenvalue weighted by Gasteiger charge is 2.48. The maximum absolute atomic E-state index is 15.4. The molecule has 2 aromatic heterocycles. The average molecular weight is 1550 g/mol. The minimum absolute atomic E-state index is 0.306. The fourth-order valence-corrected chi connectivity index (χ4v) is 19.1. The van der Waals surface area contributed by atoms with E-state index in [1.165, 1.54) is 0 Å². The van der Waals surface area contributed by atoms with Crippen molar-refractivity contribution in [3.8, 4) is 67.5 Å². The lowest BCUT2D eigenvalue weighted by Crippen LogP contribution is -2.29. The third-order valence-corrected chi connectivity index (χ3v) is 24.7. The van der Waals surface area contributed by atoms with Gasteiger partial charge in [0.1, 0.15) is 57.0 Å². The zero-order valence-corrected chi connectivity index (χ0v) is 66.5. The lowest BCUT2D eigenvalue weighted by molar-refractivity contribution is 0.482. The van der Waals surface area contributed by atoms with E-state index in [0.717, 1.165) is 212 Å². The number of rotatable bonds is 18. The van der Waals surface area contributed by atoms with Gasteiger partial charge >= 0.3 is 0 Å². The van der Waals surface area contributed by atoms with Crippen LogP contribution >= 0.6 is 0 Å². The van der Waals surface area contributed by atoms with Crippen LogP contribution in [0, 0.1) is 39.3 Å². The number of benzene rings is 17. The van der Waals surface area contributed by atoms with Crippen molar-refractivity contribution >= 4 is 90.2 Å². The molecule has 0 radical (unpaired) electrons. The Morgan fingerprint density at radius 3 is 0.925 bits per heavy atom. The summed E-state index contributed by atoms with van der Waals surface area (Å²) >= 11 is 0. The number of aryl methyl sites for hydroxylation is 4. The molecule has 0 spiro atoms. The van der Waals surface area contributed by atoms with Gasteiger partial charge in [-0.05, 0) is 308 Å². The maximum atomic E-state index is 15.4. The van der Waals surface area contributed by atoms with E-state index in [4.69, 9.17) is 18.3 Å². The SMILES string of the molecule is C=Cc1ccc(Oc2ccc(C3(c4ccc(F)cc4)c4ccccc4-c4ccc(N(c5ccc(-c6cc(C)c(-c7ccc(N(c8ccc9c(c8)C(c8ccc(F)cc8)(c8ccc(Oc%10ccc(C=C)cc%10)cc8)c8ccccc8-9)c8ccc9c(c8)oc8ccccc89)cc7C)cc6C)c(C)c5)c5ccc6c(c5)oc5ccccc56)cc43)cc2)cc1. The number of hydrogen-bond acceptors (Lipinski definition) is 6. The fourth-order valence-electron chi connectivity index (χ4n) is 19.1. The van der Waals surface area contributed by atoms with Crippen LogP contribution in [0.2, 0.25) is 0 Å². The smallest absolute Gasteiger partial charge is 0.137 e. The molecule has 2 unspecified atom stereocenters. The second-order valence-electron chi connectivity index (χ2n) is 31.6. The van der Waals surface area contributed by atoms with Crippen LogP contribution < -0.4 is 19.3 Å². The number of para-hydroxylation sites is 2. The van der Waals surface area contributed by atoms with Gasteiger partial charge in [0.15, 0.2) is 0 Å². The molecule has 19 aromatic rings. The first-order valence-corrected chi connectivity index (χ1v) is 40.6. The van der Waals surface area contributed by atoms with Gasteiger partial charge in [0.25, 0.3) is 0 Å². The molecule has 574 valence electrons. The minimum atomic E-state index is -0.879. The van der Waals surface area contributed by atoms with Gasteiger partial charge in [-0.25, -0.2) is 8.78 Å². The van der Waals surface area contributed by atoms with E-state index in [2.05, 4.69) is 269 Å². The Kier molecular flexibility index (Phi) is 17.5. The third kappa shape index (κ3) is 12.0. The predicted molar refractivity (Wildman–Crippen MR) is 488 cm³/mol. The molecular weight excluding hydrogens is 1480 g/mol. The molecule has 2 aliphatic rings. The van der Waals surface area contributed by atoms with Crippen LogP contribution in [-0.2, 0) is 10.8 Å². The summed E-state index contributed by atoms with van der Waals surface area (Å²) in [4.78, 5) is 4.69. The van der Waals surface area contributed by atoms with Gasteiger partial charge in [0.05, 0.1) is 10.8 Å². The molecule has 6 nitrogen and oxygen atoms in total. The van der Waals surface area contributed by atoms with Crippen molar-refractivity contribution in [1.82, 2.24) is 0 Å². The summed E-state index contributed by atoms with van der Waals surface area (Å²) in [6, 6.07) is 125. The highest BCUT2D eigenvalue weighted by Crippen LogP contribution is 2.60. The summed E-state index contributed by atoms with van der Waals surface area (Å²) in [5.74, 6) is 2.21. The van der Waals surface area contributed by atoms with Gasteiger partial charge < -0.3 is 28.1 Å². The first-order valence-electron chi connectivity index (χ1n) is 40.6. The topological polar surface area (TPSA) is 51.2 Å². The molecule has 0 bridgehead atoms. The second kappa shape index (κ2) is 29.0. The lowest BCUT2D eigenvalue weighted by atomic mass is 9.67. The van der Waals surface area contributed by atoms with E-state index in [9.17, 15) is 0 Å². The standard InChI is InChI=1S/C112H78F2N2O4/c1-7-73-25-47-87(48-26-73)117-89-51-33-77(34-52-89)111(75-29-37-79(113)38-30-75)103-21-13-9-17-93(103)95-57-43-83(65-105(95)111)115(85-45-59-99-97-19-11-15-23-107(97)119-109(99)67-85)81-41-55-91(69(3)61-81)101-63-72(6)102(64-71(101)5)92-56-42-82(62-70(92)4)116(86-46-60-100-98-20-12-16-24-108(98)120-110(100)68-86)84-44-58-96-94-18-10-14-22-104(94)112(106(96)66-84,76-31-39-80(114)40-32-76)78-35-53-90(54-36-78)118-88-49-27-74(8-2)28-50-88/h7-68H,1-2H2,3-6H3. The monoisotopic (exact) mass is 1550 g/mol. The van der Waals surface area contributed by atoms with Crippen molar-refractivity contribution in [1.29, 1.82) is 0 Å². The highest BCUT2D eigenvalue weighted by atomic mass is 19.1. The van der Waals surface area contributed by atoms with Crippen molar-refractivity contribution in [2.45, 2.75) is 38.5 Å². The first kappa shape index (κ1) is 72.6. The number of anilines is 6. The summed E-state index contributed by atoms with van der Waals surface area (Å²) in [5, 5.41) is 4.18. The van der Waals surface area contributed by atoms with Crippen LogP contribution in [0.3, 0.4) is 0 Å². The zero-order valence-electron chi connectivity index (χ0n) is 66.5. The van der Waals surface area contributed by atoms with Crippen LogP contribution in [0.25, 0.3) is 101 Å². The highest BCUT2D eigenvalue weighted by molar-refractivity contribution is 6.08. The summed E-state index contributed by atoms with van der Waals surface area (Å²) < 4.78 is 57.0. The molecular formula is C112H78F2N2O4. The number of halogens is 2. The van der Waals surface area contributed by atoms with Crippen LogP contribution in [-0.4, -0.2) is 0 Å². The van der Waals surface area contributed by atoms with Crippen molar-refractivity contribution in [2.24, 2.45) is 0 Å². The largest absolute Gasteiger partial charge is 0.457 e. The Hall–Kier alpha value is -15.1. The van der Waals surface area contributed by atoms with Crippen LogP contribution in [0.4, 0.5) is 42.9 Å². The summed E-state index contributed by atoms with van der Waals surface area (Å²) in [7, 11) is 0. The molecule has 2 aliphatic carbocycles. The Labute approximate surface area is 695 Å². The number of ether oxygens (including phenoxy) is 2. The maximum Gasteiger partial charge on any atom is 0.137 e. The average Bonchev–Trinajstić information content (AvgIpc) is 1.55. The lowest BCUT2D eigenvalue weighted by Gasteiger charge is -2.35.